The number of amides is 1. The molecule has 0 spiro atoms. The number of carbonyl (C=O) groups is 3. The summed E-state index contributed by atoms with van der Waals surface area (Å²) in [6, 6.07) is 5.08. The first-order valence-electron chi connectivity index (χ1n) is 13.8. The van der Waals surface area contributed by atoms with Crippen LogP contribution in [0.4, 0.5) is 5.69 Å². The zero-order valence-electron chi connectivity index (χ0n) is 26.2. The van der Waals surface area contributed by atoms with Gasteiger partial charge in [0.2, 0.25) is 5.91 Å². The minimum Gasteiger partial charge on any atom is -0.456 e. The molecule has 1 saturated heterocycles. The first-order chi connectivity index (χ1) is 19.4. The Morgan fingerprint density at radius 1 is 1.10 bits per heavy atom. The smallest absolute Gasteiger partial charge is 0.338 e. The third-order valence-corrected chi connectivity index (χ3v) is 12.1. The molecule has 13 heteroatoms. The van der Waals surface area contributed by atoms with Crippen molar-refractivity contribution in [1.82, 2.24) is 4.90 Å². The number of nitrogens with zero attached hydrogens (tertiary/aromatic N) is 2. The van der Waals surface area contributed by atoms with Gasteiger partial charge in [-0.25, -0.2) is 4.79 Å². The van der Waals surface area contributed by atoms with Crippen molar-refractivity contribution in [3.63, 3.8) is 0 Å². The fourth-order valence-electron chi connectivity index (χ4n) is 4.03. The van der Waals surface area contributed by atoms with Crippen molar-refractivity contribution in [3.8, 4) is 0 Å². The number of Topliss-reactive ketones (excluding diaryl/α,β-unsaturated/α-hetero) is 1. The fourth-order valence-corrected chi connectivity index (χ4v) is 5.33. The number of hydrogen-bond acceptors (Lipinski definition) is 10. The lowest BCUT2D eigenvalue weighted by atomic mass is 10.1. The van der Waals surface area contributed by atoms with Crippen molar-refractivity contribution in [1.29, 1.82) is 0 Å². The Morgan fingerprint density at radius 3 is 2.17 bits per heavy atom. The fraction of sp³-hybridized carbons (Fsp3) is 0.621. The van der Waals surface area contributed by atoms with E-state index in [1.807, 2.05) is 0 Å². The Hall–Kier alpha value is -2.97. The van der Waals surface area contributed by atoms with E-state index in [0.717, 1.165) is 0 Å². The number of ketones is 1. The molecule has 0 aromatic heterocycles. The van der Waals surface area contributed by atoms with Crippen molar-refractivity contribution in [2.45, 2.75) is 97.2 Å². The molecule has 1 fully saturated rings. The third kappa shape index (κ3) is 8.77. The molecular formula is C29H44N2O10Si. The highest BCUT2D eigenvalue weighted by molar-refractivity contribution is 6.74. The molecular weight excluding hydrogens is 564 g/mol. The quantitative estimate of drug-likeness (QED) is 0.0776. The number of carbonyl (C=O) groups excluding carboxylic acids is 3. The highest BCUT2D eigenvalue weighted by atomic mass is 28.4. The number of rotatable bonds is 13. The molecule has 0 radical (unpaired) electrons. The second-order valence-corrected chi connectivity index (χ2v) is 16.6. The molecule has 12 nitrogen and oxygen atoms in total. The average molecular weight is 609 g/mol. The predicted molar refractivity (Wildman–Crippen MR) is 157 cm³/mol. The van der Waals surface area contributed by atoms with E-state index in [1.54, 1.807) is 21.0 Å². The molecule has 0 bridgehead atoms. The lowest BCUT2D eigenvalue weighted by molar-refractivity contribution is -0.384. The van der Waals surface area contributed by atoms with Gasteiger partial charge in [-0.3, -0.25) is 24.6 Å². The van der Waals surface area contributed by atoms with E-state index in [0.29, 0.717) is 5.57 Å². The first kappa shape index (κ1) is 35.2. The molecule has 1 amide bonds. The van der Waals surface area contributed by atoms with Gasteiger partial charge < -0.3 is 23.4 Å². The van der Waals surface area contributed by atoms with Gasteiger partial charge in [0, 0.05) is 37.9 Å². The average Bonchev–Trinajstić information content (AvgIpc) is 3.23. The SMILES string of the molecule is COCCO[C@@H]1[C@H](O[Si](C)(C)C(C)(C)C)[C@@H]([C@H](C)OC(=O)c2ccc([N+](=O)[O-])cc2)O[C@H]1N(/C=C(/C)C(C)=O)C(C)=O. The van der Waals surface area contributed by atoms with Crippen molar-refractivity contribution in [2.24, 2.45) is 0 Å². The van der Waals surface area contributed by atoms with Crippen molar-refractivity contribution in [2.75, 3.05) is 20.3 Å². The lowest BCUT2D eigenvalue weighted by Gasteiger charge is -2.41. The summed E-state index contributed by atoms with van der Waals surface area (Å²) in [5, 5.41) is 10.8. The van der Waals surface area contributed by atoms with Crippen LogP contribution < -0.4 is 0 Å². The third-order valence-electron chi connectivity index (χ3n) is 7.66. The monoisotopic (exact) mass is 608 g/mol. The maximum Gasteiger partial charge on any atom is 0.338 e. The standard InChI is InChI=1S/C29H44N2O10Si/c1-18(19(2)32)17-30(21(4)33)27-26(38-16-15-37-8)25(41-42(9,10)29(5,6)7)24(40-27)20(3)39-28(34)22-11-13-23(14-12-22)31(35)36/h11-14,17,20,24-27H,15-16H2,1-10H3/b18-17-/t20-,24+,25+,26+,27+/m0/s1. The second-order valence-electron chi connectivity index (χ2n) is 11.9. The van der Waals surface area contributed by atoms with Crippen molar-refractivity contribution in [3.05, 3.63) is 51.7 Å². The molecule has 1 aromatic carbocycles. The molecule has 234 valence electrons. The number of non-ortho nitro benzene ring substituents is 1. The normalized spacial score (nSPS) is 22.0. The van der Waals surface area contributed by atoms with Crippen LogP contribution >= 0.6 is 0 Å². The van der Waals surface area contributed by atoms with Gasteiger partial charge in [0.05, 0.1) is 23.7 Å². The van der Waals surface area contributed by atoms with E-state index in [1.165, 1.54) is 49.2 Å². The summed E-state index contributed by atoms with van der Waals surface area (Å²) in [6.07, 6.45) is -2.91. The van der Waals surface area contributed by atoms with E-state index in [4.69, 9.17) is 23.4 Å². The maximum absolute atomic E-state index is 13.0. The number of ether oxygens (including phenoxy) is 4. The molecule has 1 aliphatic heterocycles. The highest BCUT2D eigenvalue weighted by Gasteiger charge is 2.55. The molecule has 0 unspecified atom stereocenters. The summed E-state index contributed by atoms with van der Waals surface area (Å²) in [4.78, 5) is 49.7. The Kier molecular flexibility index (Phi) is 12.1. The topological polar surface area (TPSA) is 144 Å². The van der Waals surface area contributed by atoms with Crippen LogP contribution in [0, 0.1) is 10.1 Å². The van der Waals surface area contributed by atoms with E-state index >= 15 is 0 Å². The maximum atomic E-state index is 13.0. The molecule has 1 aliphatic rings. The summed E-state index contributed by atoms with van der Waals surface area (Å²) in [6.45, 7) is 16.8. The number of allylic oxidation sites excluding steroid dienone is 1. The van der Waals surface area contributed by atoms with Gasteiger partial charge >= 0.3 is 5.97 Å². The van der Waals surface area contributed by atoms with Crippen molar-refractivity contribution < 1.29 is 42.7 Å². The predicted octanol–water partition coefficient (Wildman–Crippen LogP) is 4.63. The van der Waals surface area contributed by atoms with Gasteiger partial charge in [0.25, 0.3) is 5.69 Å². The van der Waals surface area contributed by atoms with Crippen LogP contribution in [0.15, 0.2) is 36.0 Å². The summed E-state index contributed by atoms with van der Waals surface area (Å²) in [7, 11) is -0.937. The number of benzene rings is 1. The van der Waals surface area contributed by atoms with Crippen LogP contribution in [-0.4, -0.2) is 86.8 Å². The summed E-state index contributed by atoms with van der Waals surface area (Å²) >= 11 is 0. The van der Waals surface area contributed by atoms with Gasteiger partial charge in [-0.15, -0.1) is 0 Å². The first-order valence-corrected chi connectivity index (χ1v) is 16.7. The van der Waals surface area contributed by atoms with Crippen LogP contribution in [0.3, 0.4) is 0 Å². The number of nitro groups is 1. The molecule has 1 aromatic rings. The summed E-state index contributed by atoms with van der Waals surface area (Å²) in [5.41, 5.74) is 0.313. The van der Waals surface area contributed by atoms with Crippen LogP contribution in [0.2, 0.25) is 18.1 Å². The zero-order valence-corrected chi connectivity index (χ0v) is 27.2. The minimum atomic E-state index is -2.48. The number of methoxy groups -OCH3 is 1. The lowest BCUT2D eigenvalue weighted by Crippen LogP contribution is -2.53. The minimum absolute atomic E-state index is 0.127. The van der Waals surface area contributed by atoms with E-state index in [2.05, 4.69) is 33.9 Å². The Bertz CT molecular complexity index is 1160. The highest BCUT2D eigenvalue weighted by Crippen LogP contribution is 2.41. The number of esters is 1. The second kappa shape index (κ2) is 14.5. The van der Waals surface area contributed by atoms with Gasteiger partial charge in [-0.2, -0.15) is 0 Å². The van der Waals surface area contributed by atoms with E-state index in [9.17, 15) is 24.5 Å². The van der Waals surface area contributed by atoms with Crippen LogP contribution in [-0.2, 0) is 33.0 Å². The van der Waals surface area contributed by atoms with E-state index < -0.39 is 49.9 Å². The Morgan fingerprint density at radius 2 is 1.69 bits per heavy atom. The van der Waals surface area contributed by atoms with Gasteiger partial charge in [0.1, 0.15) is 24.4 Å². The summed E-state index contributed by atoms with van der Waals surface area (Å²) in [5.74, 6) is -1.31. The molecule has 0 N–H and O–H groups in total. The zero-order chi connectivity index (χ0) is 32.0. The van der Waals surface area contributed by atoms with Gasteiger partial charge in [-0.1, -0.05) is 20.8 Å². The van der Waals surface area contributed by atoms with Gasteiger partial charge in [-0.05, 0) is 51.0 Å². The van der Waals surface area contributed by atoms with E-state index in [-0.39, 0.29) is 41.2 Å². The Labute approximate surface area is 248 Å². The van der Waals surface area contributed by atoms with Crippen LogP contribution in [0.5, 0.6) is 0 Å². The molecule has 1 heterocycles. The van der Waals surface area contributed by atoms with Crippen LogP contribution in [0.25, 0.3) is 0 Å². The number of nitro benzene ring substituents is 1. The molecule has 0 aliphatic carbocycles. The molecule has 5 atom stereocenters. The van der Waals surface area contributed by atoms with Crippen LogP contribution in [0.1, 0.15) is 58.8 Å². The molecule has 42 heavy (non-hydrogen) atoms. The molecule has 2 rings (SSSR count). The largest absolute Gasteiger partial charge is 0.456 e. The Balaban J connectivity index is 2.54. The van der Waals surface area contributed by atoms with Gasteiger partial charge in [0.15, 0.2) is 20.3 Å². The van der Waals surface area contributed by atoms with Crippen molar-refractivity contribution >= 4 is 31.7 Å². The molecule has 0 saturated carbocycles. The summed E-state index contributed by atoms with van der Waals surface area (Å²) < 4.78 is 30.5. The number of hydrogen-bond donors (Lipinski definition) is 0.